The molecular formula is C38H38ClN3O3. The zero-order valence-electron chi connectivity index (χ0n) is 25.6. The molecule has 0 unspecified atom stereocenters. The first-order valence-corrected chi connectivity index (χ1v) is 16.5. The average molecular weight is 620 g/mol. The van der Waals surface area contributed by atoms with E-state index in [-0.39, 0.29) is 17.4 Å². The minimum Gasteiger partial charge on any atom is -0.490 e. The van der Waals surface area contributed by atoms with E-state index in [4.69, 9.17) is 16.3 Å². The molecule has 0 spiro atoms. The molecule has 230 valence electrons. The number of amides is 2. The summed E-state index contributed by atoms with van der Waals surface area (Å²) in [6, 6.07) is 23.8. The molecule has 4 aromatic rings. The molecule has 3 aliphatic rings. The maximum Gasteiger partial charge on any atom is 0.261 e. The summed E-state index contributed by atoms with van der Waals surface area (Å²) in [6.07, 6.45) is 11.2. The molecule has 2 heterocycles. The molecule has 3 aromatic carbocycles. The number of nitrogens with zero attached hydrogens (tertiary/aromatic N) is 2. The van der Waals surface area contributed by atoms with E-state index in [9.17, 15) is 9.59 Å². The van der Waals surface area contributed by atoms with Gasteiger partial charge in [0.1, 0.15) is 5.75 Å². The molecule has 2 aliphatic carbocycles. The number of imide groups is 1. The van der Waals surface area contributed by atoms with E-state index in [2.05, 4.69) is 53.6 Å². The lowest BCUT2D eigenvalue weighted by atomic mass is 9.93. The first kappa shape index (κ1) is 29.7. The van der Waals surface area contributed by atoms with Crippen molar-refractivity contribution in [2.75, 3.05) is 6.54 Å². The van der Waals surface area contributed by atoms with E-state index in [1.807, 2.05) is 24.5 Å². The molecule has 2 saturated carbocycles. The molecular weight excluding hydrogens is 582 g/mol. The Bertz CT molecular complexity index is 1710. The molecule has 7 rings (SSSR count). The van der Waals surface area contributed by atoms with Crippen molar-refractivity contribution in [3.8, 4) is 16.9 Å². The maximum atomic E-state index is 12.7. The highest BCUT2D eigenvalue weighted by molar-refractivity contribution is 6.31. The van der Waals surface area contributed by atoms with Crippen LogP contribution in [0, 0.1) is 0 Å². The molecule has 6 nitrogen and oxygen atoms in total. The molecule has 0 saturated heterocycles. The number of unbranched alkanes of at least 4 members (excludes halogenated alkanes) is 1. The van der Waals surface area contributed by atoms with Crippen molar-refractivity contribution >= 4 is 23.4 Å². The maximum absolute atomic E-state index is 12.7. The molecule has 1 N–H and O–H groups in total. The van der Waals surface area contributed by atoms with Crippen LogP contribution in [0.4, 0.5) is 0 Å². The van der Waals surface area contributed by atoms with Crippen molar-refractivity contribution in [3.05, 3.63) is 118 Å². The quantitative estimate of drug-likeness (QED) is 0.120. The number of hydrogen-bond acceptors (Lipinski definition) is 5. The van der Waals surface area contributed by atoms with E-state index in [1.54, 1.807) is 24.3 Å². The van der Waals surface area contributed by atoms with Crippen LogP contribution in [-0.2, 0) is 12.1 Å². The lowest BCUT2D eigenvalue weighted by Gasteiger charge is -2.23. The fraction of sp³-hybridized carbons (Fsp3) is 0.342. The monoisotopic (exact) mass is 619 g/mol. The number of aromatic nitrogens is 1. The van der Waals surface area contributed by atoms with E-state index in [1.165, 1.54) is 21.6 Å². The zero-order valence-corrected chi connectivity index (χ0v) is 26.4. The van der Waals surface area contributed by atoms with E-state index >= 15 is 0 Å². The summed E-state index contributed by atoms with van der Waals surface area (Å²) < 4.78 is 6.27. The topological polar surface area (TPSA) is 71.5 Å². The minimum absolute atomic E-state index is 0.147. The van der Waals surface area contributed by atoms with Crippen LogP contribution in [0.25, 0.3) is 11.1 Å². The lowest BCUT2D eigenvalue weighted by Crippen LogP contribution is -2.30. The molecule has 2 fully saturated rings. The van der Waals surface area contributed by atoms with Gasteiger partial charge in [-0.05, 0) is 97.0 Å². The lowest BCUT2D eigenvalue weighted by molar-refractivity contribution is 0.0651. The summed E-state index contributed by atoms with van der Waals surface area (Å²) in [4.78, 5) is 31.3. The Balaban J connectivity index is 0.984. The summed E-state index contributed by atoms with van der Waals surface area (Å²) in [7, 11) is 0. The SMILES string of the molecule is C[C@@H](CCCCN1C(=O)c2ccccc2C1=O)c1ccc(Cl)c(CNC2(c3cnccc3-c3ccccc3OC3CC3)CC2)c1. The Kier molecular flexibility index (Phi) is 8.19. The van der Waals surface area contributed by atoms with Crippen LogP contribution < -0.4 is 10.1 Å². The number of pyridine rings is 1. The fourth-order valence-corrected chi connectivity index (χ4v) is 6.65. The summed E-state index contributed by atoms with van der Waals surface area (Å²) in [5.41, 5.74) is 6.70. The molecule has 1 atom stereocenters. The first-order valence-electron chi connectivity index (χ1n) is 16.1. The number of hydrogen-bond donors (Lipinski definition) is 1. The predicted octanol–water partition coefficient (Wildman–Crippen LogP) is 8.29. The second kappa shape index (κ2) is 12.4. The largest absolute Gasteiger partial charge is 0.490 e. The van der Waals surface area contributed by atoms with Gasteiger partial charge in [-0.1, -0.05) is 67.4 Å². The van der Waals surface area contributed by atoms with Crippen LogP contribution in [0.5, 0.6) is 5.75 Å². The van der Waals surface area contributed by atoms with Gasteiger partial charge < -0.3 is 10.1 Å². The Morgan fingerprint density at radius 2 is 1.64 bits per heavy atom. The van der Waals surface area contributed by atoms with E-state index in [0.717, 1.165) is 66.8 Å². The standard InChI is InChI=1S/C38H38ClN3O3/c1-25(8-6-7-21-42-36(43)31-10-2-3-11-32(31)37(42)44)26-13-16-34(39)27(22-26)23-41-38(18-19-38)33-24-40-20-17-29(33)30-9-4-5-12-35(30)45-28-14-15-28/h2-5,9-13,16-17,20,22,24-25,28,41H,6-8,14-15,18-19,21,23H2,1H3/t25-/m0/s1. The molecule has 0 bridgehead atoms. The molecule has 2 amide bonds. The van der Waals surface area contributed by atoms with Crippen molar-refractivity contribution in [2.24, 2.45) is 0 Å². The third-order valence-corrected chi connectivity index (χ3v) is 9.85. The van der Waals surface area contributed by atoms with Gasteiger partial charge in [0, 0.05) is 41.6 Å². The second-order valence-corrected chi connectivity index (χ2v) is 13.1. The van der Waals surface area contributed by atoms with Gasteiger partial charge in [-0.2, -0.15) is 0 Å². The number of fused-ring (bicyclic) bond motifs is 1. The van der Waals surface area contributed by atoms with Gasteiger partial charge in [0.2, 0.25) is 0 Å². The Labute approximate surface area is 269 Å². The van der Waals surface area contributed by atoms with E-state index in [0.29, 0.717) is 36.2 Å². The number of rotatable bonds is 13. The number of halogens is 1. The van der Waals surface area contributed by atoms with Gasteiger partial charge in [0.15, 0.2) is 0 Å². The molecule has 0 radical (unpaired) electrons. The second-order valence-electron chi connectivity index (χ2n) is 12.7. The number of para-hydroxylation sites is 1. The third-order valence-electron chi connectivity index (χ3n) is 9.48. The molecule has 1 aliphatic heterocycles. The Morgan fingerprint density at radius 3 is 2.36 bits per heavy atom. The third kappa shape index (κ3) is 6.14. The van der Waals surface area contributed by atoms with Gasteiger partial charge in [-0.15, -0.1) is 0 Å². The van der Waals surface area contributed by atoms with Gasteiger partial charge in [-0.3, -0.25) is 19.5 Å². The van der Waals surface area contributed by atoms with Crippen LogP contribution in [0.1, 0.15) is 95.2 Å². The van der Waals surface area contributed by atoms with Crippen molar-refractivity contribution in [1.82, 2.24) is 15.2 Å². The summed E-state index contributed by atoms with van der Waals surface area (Å²) >= 11 is 6.73. The summed E-state index contributed by atoms with van der Waals surface area (Å²) in [6.45, 7) is 3.34. The smallest absolute Gasteiger partial charge is 0.261 e. The minimum atomic E-state index is -0.180. The van der Waals surface area contributed by atoms with Crippen LogP contribution in [0.3, 0.4) is 0 Å². The Hall–Kier alpha value is -4.00. The van der Waals surface area contributed by atoms with Crippen LogP contribution in [0.15, 0.2) is 85.2 Å². The van der Waals surface area contributed by atoms with Crippen LogP contribution in [-0.4, -0.2) is 34.3 Å². The highest BCUT2D eigenvalue weighted by atomic mass is 35.5. The normalized spacial score (nSPS) is 17.3. The van der Waals surface area contributed by atoms with Crippen molar-refractivity contribution in [2.45, 2.75) is 76.0 Å². The van der Waals surface area contributed by atoms with Gasteiger partial charge in [0.05, 0.1) is 17.2 Å². The van der Waals surface area contributed by atoms with E-state index < -0.39 is 0 Å². The molecule has 1 aromatic heterocycles. The predicted molar refractivity (Wildman–Crippen MR) is 177 cm³/mol. The Morgan fingerprint density at radius 1 is 0.933 bits per heavy atom. The molecule has 45 heavy (non-hydrogen) atoms. The highest BCUT2D eigenvalue weighted by Gasteiger charge is 2.46. The van der Waals surface area contributed by atoms with Crippen LogP contribution >= 0.6 is 11.6 Å². The van der Waals surface area contributed by atoms with Crippen LogP contribution in [0.2, 0.25) is 5.02 Å². The van der Waals surface area contributed by atoms with Gasteiger partial charge in [-0.25, -0.2) is 0 Å². The number of carbonyl (C=O) groups is 2. The first-order chi connectivity index (χ1) is 21.9. The van der Waals surface area contributed by atoms with Gasteiger partial charge in [0.25, 0.3) is 11.8 Å². The fourth-order valence-electron chi connectivity index (χ4n) is 6.46. The average Bonchev–Trinajstić information content (AvgIpc) is 4.01. The summed E-state index contributed by atoms with van der Waals surface area (Å²) in [5.74, 6) is 0.907. The number of ether oxygens (including phenoxy) is 1. The van der Waals surface area contributed by atoms with Crippen molar-refractivity contribution in [1.29, 1.82) is 0 Å². The highest BCUT2D eigenvalue weighted by Crippen LogP contribution is 2.50. The number of benzene rings is 3. The van der Waals surface area contributed by atoms with Crippen molar-refractivity contribution < 1.29 is 14.3 Å². The van der Waals surface area contributed by atoms with Gasteiger partial charge >= 0.3 is 0 Å². The summed E-state index contributed by atoms with van der Waals surface area (Å²) in [5, 5.41) is 4.62. The van der Waals surface area contributed by atoms with Crippen molar-refractivity contribution in [3.63, 3.8) is 0 Å². The number of nitrogens with one attached hydrogen (secondary N) is 1. The number of carbonyl (C=O) groups excluding carboxylic acids is 2. The zero-order chi connectivity index (χ0) is 31.0. The molecule has 7 heteroatoms.